The average molecular weight is 319 g/mol. The minimum Gasteiger partial charge on any atom is -0.309 e. The molecule has 2 nitrogen and oxygen atoms in total. The summed E-state index contributed by atoms with van der Waals surface area (Å²) in [6, 6.07) is 0. The molecule has 0 saturated carbocycles. The number of rotatable bonds is 8. The lowest BCUT2D eigenvalue weighted by atomic mass is 9.88. The van der Waals surface area contributed by atoms with E-state index >= 15 is 0 Å². The van der Waals surface area contributed by atoms with Crippen LogP contribution in [0, 0.1) is 11.8 Å². The average Bonchev–Trinajstić information content (AvgIpc) is 2.51. The summed E-state index contributed by atoms with van der Waals surface area (Å²) < 4.78 is 0. The van der Waals surface area contributed by atoms with Crippen LogP contribution >= 0.6 is 0 Å². The number of allylic oxidation sites excluding steroid dienone is 4. The van der Waals surface area contributed by atoms with Gasteiger partial charge in [0.15, 0.2) is 0 Å². The molecule has 0 aromatic heterocycles. The number of hydrogen-bond acceptors (Lipinski definition) is 2. The van der Waals surface area contributed by atoms with Crippen molar-refractivity contribution in [1.82, 2.24) is 9.80 Å². The molecule has 0 spiro atoms. The van der Waals surface area contributed by atoms with Gasteiger partial charge in [-0.1, -0.05) is 23.3 Å². The van der Waals surface area contributed by atoms with E-state index < -0.39 is 0 Å². The van der Waals surface area contributed by atoms with Crippen molar-refractivity contribution in [2.24, 2.45) is 11.8 Å². The SMILES string of the molecule is CC1=CC[C@@H](CN(CCCN(C)C)C[C@H]2CC=C(C)CC2)CC1. The van der Waals surface area contributed by atoms with Crippen LogP contribution in [0.2, 0.25) is 0 Å². The van der Waals surface area contributed by atoms with Gasteiger partial charge >= 0.3 is 0 Å². The maximum Gasteiger partial charge on any atom is 0.00129 e. The minimum absolute atomic E-state index is 0.888. The van der Waals surface area contributed by atoms with Gasteiger partial charge in [0, 0.05) is 13.1 Å². The Morgan fingerprint density at radius 2 is 1.39 bits per heavy atom. The quantitative estimate of drug-likeness (QED) is 0.597. The van der Waals surface area contributed by atoms with E-state index in [1.165, 1.54) is 71.1 Å². The Hall–Kier alpha value is -0.600. The zero-order valence-electron chi connectivity index (χ0n) is 16.0. The van der Waals surface area contributed by atoms with Gasteiger partial charge in [-0.05, 0) is 97.8 Å². The molecule has 2 aliphatic carbocycles. The van der Waals surface area contributed by atoms with Gasteiger partial charge in [-0.15, -0.1) is 0 Å². The van der Waals surface area contributed by atoms with Crippen molar-refractivity contribution in [2.45, 2.75) is 58.8 Å². The molecular weight excluding hydrogens is 280 g/mol. The fourth-order valence-corrected chi connectivity index (χ4v) is 3.97. The van der Waals surface area contributed by atoms with Crippen molar-refractivity contribution >= 4 is 0 Å². The molecule has 0 radical (unpaired) electrons. The van der Waals surface area contributed by atoms with Gasteiger partial charge < -0.3 is 9.80 Å². The molecule has 2 heteroatoms. The van der Waals surface area contributed by atoms with Crippen LogP contribution in [0.1, 0.15) is 58.8 Å². The summed E-state index contributed by atoms with van der Waals surface area (Å²) in [5, 5.41) is 0. The molecule has 2 atom stereocenters. The van der Waals surface area contributed by atoms with Crippen LogP contribution < -0.4 is 0 Å². The van der Waals surface area contributed by atoms with E-state index in [-0.39, 0.29) is 0 Å². The van der Waals surface area contributed by atoms with Crippen LogP contribution in [0.3, 0.4) is 0 Å². The van der Waals surface area contributed by atoms with Crippen molar-refractivity contribution < 1.29 is 0 Å². The second-order valence-corrected chi connectivity index (χ2v) is 8.30. The van der Waals surface area contributed by atoms with Gasteiger partial charge in [0.05, 0.1) is 0 Å². The van der Waals surface area contributed by atoms with Crippen LogP contribution in [0.25, 0.3) is 0 Å². The summed E-state index contributed by atoms with van der Waals surface area (Å²) in [7, 11) is 4.38. The summed E-state index contributed by atoms with van der Waals surface area (Å²) in [5.41, 5.74) is 3.21. The van der Waals surface area contributed by atoms with E-state index in [1.54, 1.807) is 11.1 Å². The highest BCUT2D eigenvalue weighted by Gasteiger charge is 2.20. The Labute approximate surface area is 144 Å². The predicted octanol–water partition coefficient (Wildman–Crippen LogP) is 4.73. The van der Waals surface area contributed by atoms with Gasteiger partial charge in [0.1, 0.15) is 0 Å². The highest BCUT2D eigenvalue weighted by atomic mass is 15.1. The van der Waals surface area contributed by atoms with E-state index in [0.29, 0.717) is 0 Å². The van der Waals surface area contributed by atoms with Crippen LogP contribution in [0.15, 0.2) is 23.3 Å². The maximum atomic E-state index is 2.79. The van der Waals surface area contributed by atoms with Crippen LogP contribution in [0.4, 0.5) is 0 Å². The molecule has 0 aromatic carbocycles. The standard InChI is InChI=1S/C21H38N2/c1-18-6-10-20(11-7-18)16-23(15-5-14-22(3)4)17-21-12-8-19(2)9-13-21/h6,8,20-21H,5,7,9-17H2,1-4H3/t20-,21+. The largest absolute Gasteiger partial charge is 0.309 e. The molecule has 0 saturated heterocycles. The second-order valence-electron chi connectivity index (χ2n) is 8.30. The molecule has 0 aliphatic heterocycles. The Morgan fingerprint density at radius 1 is 0.870 bits per heavy atom. The molecule has 0 bridgehead atoms. The zero-order chi connectivity index (χ0) is 16.7. The van der Waals surface area contributed by atoms with Gasteiger partial charge in [-0.25, -0.2) is 0 Å². The highest BCUT2D eigenvalue weighted by molar-refractivity contribution is 5.04. The van der Waals surface area contributed by atoms with Crippen molar-refractivity contribution in [3.05, 3.63) is 23.3 Å². The third-order valence-electron chi connectivity index (χ3n) is 5.61. The highest BCUT2D eigenvalue weighted by Crippen LogP contribution is 2.27. The maximum absolute atomic E-state index is 2.79. The molecule has 23 heavy (non-hydrogen) atoms. The van der Waals surface area contributed by atoms with E-state index in [4.69, 9.17) is 0 Å². The summed E-state index contributed by atoms with van der Waals surface area (Å²) in [5.74, 6) is 1.78. The molecule has 0 unspecified atom stereocenters. The Kier molecular flexibility index (Phi) is 7.85. The van der Waals surface area contributed by atoms with Crippen molar-refractivity contribution in [1.29, 1.82) is 0 Å². The monoisotopic (exact) mass is 318 g/mol. The molecule has 132 valence electrons. The second kappa shape index (κ2) is 9.64. The smallest absolute Gasteiger partial charge is 0.00129 e. The molecular formula is C21H38N2. The zero-order valence-corrected chi connectivity index (χ0v) is 16.0. The molecule has 2 rings (SSSR count). The molecule has 0 aromatic rings. The Morgan fingerprint density at radius 3 is 1.78 bits per heavy atom. The Balaban J connectivity index is 1.83. The molecule has 2 aliphatic rings. The molecule has 0 fully saturated rings. The first-order valence-corrected chi connectivity index (χ1v) is 9.71. The predicted molar refractivity (Wildman–Crippen MR) is 102 cm³/mol. The molecule has 0 amide bonds. The van der Waals surface area contributed by atoms with Gasteiger partial charge in [-0.3, -0.25) is 0 Å². The van der Waals surface area contributed by atoms with E-state index in [9.17, 15) is 0 Å². The normalized spacial score (nSPS) is 25.7. The first-order chi connectivity index (χ1) is 11.0. The van der Waals surface area contributed by atoms with Crippen LogP contribution in [-0.4, -0.2) is 50.1 Å². The number of hydrogen-bond donors (Lipinski definition) is 0. The fourth-order valence-electron chi connectivity index (χ4n) is 3.97. The van der Waals surface area contributed by atoms with Gasteiger partial charge in [0.25, 0.3) is 0 Å². The summed E-state index contributed by atoms with van der Waals surface area (Å²) in [4.78, 5) is 5.11. The van der Waals surface area contributed by atoms with Gasteiger partial charge in [0.2, 0.25) is 0 Å². The van der Waals surface area contributed by atoms with Crippen molar-refractivity contribution in [3.8, 4) is 0 Å². The molecule has 0 heterocycles. The third kappa shape index (κ3) is 7.22. The third-order valence-corrected chi connectivity index (χ3v) is 5.61. The fraction of sp³-hybridized carbons (Fsp3) is 0.810. The van der Waals surface area contributed by atoms with E-state index in [2.05, 4.69) is 49.9 Å². The van der Waals surface area contributed by atoms with E-state index in [1.807, 2.05) is 0 Å². The summed E-state index contributed by atoms with van der Waals surface area (Å²) >= 11 is 0. The summed E-state index contributed by atoms with van der Waals surface area (Å²) in [6.45, 7) is 9.71. The topological polar surface area (TPSA) is 6.48 Å². The van der Waals surface area contributed by atoms with Gasteiger partial charge in [-0.2, -0.15) is 0 Å². The van der Waals surface area contributed by atoms with Crippen molar-refractivity contribution in [2.75, 3.05) is 40.3 Å². The lowest BCUT2D eigenvalue weighted by molar-refractivity contribution is 0.178. The van der Waals surface area contributed by atoms with E-state index in [0.717, 1.165) is 11.8 Å². The minimum atomic E-state index is 0.888. The summed E-state index contributed by atoms with van der Waals surface area (Å²) in [6.07, 6.45) is 14.3. The lowest BCUT2D eigenvalue weighted by Gasteiger charge is -2.33. The van der Waals surface area contributed by atoms with Crippen LogP contribution in [0.5, 0.6) is 0 Å². The number of nitrogens with zero attached hydrogens (tertiary/aromatic N) is 2. The first-order valence-electron chi connectivity index (χ1n) is 9.71. The lowest BCUT2D eigenvalue weighted by Crippen LogP contribution is -2.36. The Bertz CT molecular complexity index is 376. The molecule has 0 N–H and O–H groups in total. The van der Waals surface area contributed by atoms with Crippen LogP contribution in [-0.2, 0) is 0 Å². The first kappa shape index (κ1) is 18.7. The van der Waals surface area contributed by atoms with Crippen molar-refractivity contribution in [3.63, 3.8) is 0 Å².